The second-order valence-corrected chi connectivity index (χ2v) is 9.53. The van der Waals surface area contributed by atoms with Crippen molar-refractivity contribution in [2.45, 2.75) is 44.4 Å². The Balaban J connectivity index is 1.32. The second kappa shape index (κ2) is 11.8. The van der Waals surface area contributed by atoms with Crippen molar-refractivity contribution >= 4 is 11.8 Å². The average molecular weight is 474 g/mol. The summed E-state index contributed by atoms with van der Waals surface area (Å²) in [7, 11) is 2.07. The first-order valence-corrected chi connectivity index (χ1v) is 12.5. The van der Waals surface area contributed by atoms with Gasteiger partial charge in [-0.3, -0.25) is 4.79 Å². The molecule has 1 aliphatic heterocycles. The van der Waals surface area contributed by atoms with E-state index in [2.05, 4.69) is 35.5 Å². The predicted molar refractivity (Wildman–Crippen MR) is 140 cm³/mol. The number of aromatic nitrogens is 1. The van der Waals surface area contributed by atoms with Crippen LogP contribution in [0.3, 0.4) is 0 Å². The molecule has 184 valence electrons. The van der Waals surface area contributed by atoms with Gasteiger partial charge in [-0.05, 0) is 86.1 Å². The maximum Gasteiger partial charge on any atom is 0.304 e. The Kier molecular flexibility index (Phi) is 8.37. The minimum atomic E-state index is -0.787. The van der Waals surface area contributed by atoms with Gasteiger partial charge < -0.3 is 20.4 Å². The number of rotatable bonds is 11. The van der Waals surface area contributed by atoms with Crippen molar-refractivity contribution in [2.75, 3.05) is 32.0 Å². The number of hydrogen-bond acceptors (Lipinski definition) is 5. The Morgan fingerprint density at radius 1 is 1.09 bits per heavy atom. The number of aryl methyl sites for hydroxylation is 2. The van der Waals surface area contributed by atoms with Crippen molar-refractivity contribution in [1.29, 1.82) is 0 Å². The molecule has 0 radical (unpaired) electrons. The Bertz CT molecular complexity index is 1130. The number of carboxylic acid groups (broad SMARTS) is 1. The van der Waals surface area contributed by atoms with Crippen LogP contribution < -0.4 is 5.32 Å². The second-order valence-electron chi connectivity index (χ2n) is 9.53. The maximum absolute atomic E-state index is 11.6. The number of benzene rings is 2. The van der Waals surface area contributed by atoms with Crippen LogP contribution in [0.4, 0.5) is 5.82 Å². The average Bonchev–Trinajstić information content (AvgIpc) is 2.86. The minimum absolute atomic E-state index is 0.0927. The number of nitrogens with zero attached hydrogens (tertiary/aromatic N) is 2. The molecule has 0 fully saturated rings. The number of carboxylic acids is 1. The number of pyridine rings is 1. The van der Waals surface area contributed by atoms with Crippen LogP contribution in [0.1, 0.15) is 48.4 Å². The number of carbonyl (C=O) groups is 1. The molecular weight excluding hydrogens is 438 g/mol. The van der Waals surface area contributed by atoms with Gasteiger partial charge in [0.2, 0.25) is 0 Å². The largest absolute Gasteiger partial charge is 0.508 e. The summed E-state index contributed by atoms with van der Waals surface area (Å²) in [5, 5.41) is 22.5. The highest BCUT2D eigenvalue weighted by Gasteiger charge is 2.18. The topological polar surface area (TPSA) is 85.7 Å². The molecule has 0 saturated carbocycles. The smallest absolute Gasteiger partial charge is 0.304 e. The maximum atomic E-state index is 11.6. The first-order valence-electron chi connectivity index (χ1n) is 12.5. The van der Waals surface area contributed by atoms with Crippen LogP contribution in [-0.2, 0) is 17.6 Å². The number of hydrogen-bond donors (Lipinski definition) is 3. The quantitative estimate of drug-likeness (QED) is 0.327. The van der Waals surface area contributed by atoms with E-state index in [-0.39, 0.29) is 18.1 Å². The summed E-state index contributed by atoms with van der Waals surface area (Å²) in [4.78, 5) is 18.6. The van der Waals surface area contributed by atoms with E-state index in [1.165, 1.54) is 12.0 Å². The lowest BCUT2D eigenvalue weighted by Gasteiger charge is -2.24. The summed E-state index contributed by atoms with van der Waals surface area (Å²) >= 11 is 0. The summed E-state index contributed by atoms with van der Waals surface area (Å²) < 4.78 is 0. The molecule has 6 heteroatoms. The molecule has 1 aliphatic rings. The molecule has 0 spiro atoms. The van der Waals surface area contributed by atoms with Gasteiger partial charge in [0, 0.05) is 24.7 Å². The Labute approximate surface area is 207 Å². The van der Waals surface area contributed by atoms with Crippen LogP contribution in [-0.4, -0.2) is 52.7 Å². The summed E-state index contributed by atoms with van der Waals surface area (Å²) in [5.74, 6) is 0.403. The van der Waals surface area contributed by atoms with Crippen molar-refractivity contribution < 1.29 is 15.0 Å². The molecule has 0 amide bonds. The Morgan fingerprint density at radius 2 is 1.91 bits per heavy atom. The standard InChI is InChI=1S/C29H35N3O3/c1-32(17-3-2-9-26-13-10-22-8-5-16-30-29(22)31-26)20-25(19-28(34)35)24-7-4-6-23(18-24)21-11-14-27(33)15-12-21/h4,6-7,10-15,18,25,33H,2-3,5,8-9,16-17,19-20H2,1H3,(H,30,31)(H,34,35)/t25-/m1/s1. The van der Waals surface area contributed by atoms with Gasteiger partial charge in [0.15, 0.2) is 0 Å². The van der Waals surface area contributed by atoms with Gasteiger partial charge in [-0.2, -0.15) is 0 Å². The summed E-state index contributed by atoms with van der Waals surface area (Å²) in [6.45, 7) is 2.60. The summed E-state index contributed by atoms with van der Waals surface area (Å²) in [6.07, 6.45) is 5.41. The van der Waals surface area contributed by atoms with E-state index in [1.54, 1.807) is 12.1 Å². The highest BCUT2D eigenvalue weighted by atomic mass is 16.4. The van der Waals surface area contributed by atoms with Gasteiger partial charge in [-0.25, -0.2) is 4.98 Å². The van der Waals surface area contributed by atoms with E-state index in [4.69, 9.17) is 4.98 Å². The third-order valence-corrected chi connectivity index (χ3v) is 6.69. The van der Waals surface area contributed by atoms with Gasteiger partial charge in [-0.1, -0.05) is 42.5 Å². The van der Waals surface area contributed by atoms with E-state index < -0.39 is 5.97 Å². The highest BCUT2D eigenvalue weighted by Crippen LogP contribution is 2.28. The zero-order valence-corrected chi connectivity index (χ0v) is 20.4. The van der Waals surface area contributed by atoms with Crippen molar-refractivity contribution in [2.24, 2.45) is 0 Å². The van der Waals surface area contributed by atoms with E-state index in [0.29, 0.717) is 6.54 Å². The Hall–Kier alpha value is -3.38. The number of aliphatic carboxylic acids is 1. The number of phenols is 1. The minimum Gasteiger partial charge on any atom is -0.508 e. The molecule has 0 unspecified atom stereocenters. The van der Waals surface area contributed by atoms with E-state index in [1.807, 2.05) is 30.3 Å². The molecule has 3 N–H and O–H groups in total. The van der Waals surface area contributed by atoms with Crippen molar-refractivity contribution in [3.63, 3.8) is 0 Å². The van der Waals surface area contributed by atoms with E-state index >= 15 is 0 Å². The van der Waals surface area contributed by atoms with Crippen LogP contribution in [0.25, 0.3) is 11.1 Å². The molecule has 0 bridgehead atoms. The third kappa shape index (κ3) is 7.06. The van der Waals surface area contributed by atoms with Crippen molar-refractivity contribution in [3.8, 4) is 16.9 Å². The van der Waals surface area contributed by atoms with E-state index in [9.17, 15) is 15.0 Å². The Morgan fingerprint density at radius 3 is 2.71 bits per heavy atom. The zero-order chi connectivity index (χ0) is 24.6. The molecule has 6 nitrogen and oxygen atoms in total. The van der Waals surface area contributed by atoms with Crippen LogP contribution in [0, 0.1) is 0 Å². The molecule has 0 aliphatic carbocycles. The lowest BCUT2D eigenvalue weighted by Crippen LogP contribution is -2.27. The number of phenolic OH excluding ortho intramolecular Hbond substituents is 1. The molecule has 2 heterocycles. The van der Waals surface area contributed by atoms with E-state index in [0.717, 1.165) is 67.0 Å². The van der Waals surface area contributed by atoms with Gasteiger partial charge in [-0.15, -0.1) is 0 Å². The van der Waals surface area contributed by atoms with Crippen LogP contribution in [0.2, 0.25) is 0 Å². The van der Waals surface area contributed by atoms with Gasteiger partial charge in [0.05, 0.1) is 6.42 Å². The molecule has 0 saturated heterocycles. The first kappa shape index (κ1) is 24.7. The van der Waals surface area contributed by atoms with Gasteiger partial charge >= 0.3 is 5.97 Å². The number of aromatic hydroxyl groups is 1. The first-order chi connectivity index (χ1) is 17.0. The molecule has 3 aromatic rings. The third-order valence-electron chi connectivity index (χ3n) is 6.69. The lowest BCUT2D eigenvalue weighted by atomic mass is 9.92. The number of fused-ring (bicyclic) bond motifs is 1. The molecule has 35 heavy (non-hydrogen) atoms. The number of unbranched alkanes of at least 4 members (excludes halogenated alkanes) is 1. The molecule has 1 aromatic heterocycles. The van der Waals surface area contributed by atoms with Gasteiger partial charge in [0.25, 0.3) is 0 Å². The molecule has 1 atom stereocenters. The van der Waals surface area contributed by atoms with Crippen molar-refractivity contribution in [3.05, 3.63) is 77.5 Å². The van der Waals surface area contributed by atoms with Crippen molar-refractivity contribution in [1.82, 2.24) is 9.88 Å². The molecule has 2 aromatic carbocycles. The van der Waals surface area contributed by atoms with Crippen LogP contribution in [0.5, 0.6) is 5.75 Å². The van der Waals surface area contributed by atoms with Crippen LogP contribution >= 0.6 is 0 Å². The fourth-order valence-corrected chi connectivity index (χ4v) is 4.79. The van der Waals surface area contributed by atoms with Gasteiger partial charge in [0.1, 0.15) is 11.6 Å². The molecular formula is C29H35N3O3. The summed E-state index contributed by atoms with van der Waals surface area (Å²) in [6, 6.07) is 19.5. The zero-order valence-electron chi connectivity index (χ0n) is 20.4. The number of anilines is 1. The fourth-order valence-electron chi connectivity index (χ4n) is 4.79. The number of nitrogens with one attached hydrogen (secondary N) is 1. The fraction of sp³-hybridized carbons (Fsp3) is 0.379. The van der Waals surface area contributed by atoms with Crippen LogP contribution in [0.15, 0.2) is 60.7 Å². The monoisotopic (exact) mass is 473 g/mol. The predicted octanol–water partition coefficient (Wildman–Crippen LogP) is 5.33. The lowest BCUT2D eigenvalue weighted by molar-refractivity contribution is -0.137. The SMILES string of the molecule is CN(CCCCc1ccc2c(n1)NCCC2)C[C@@H](CC(=O)O)c1cccc(-c2ccc(O)cc2)c1. The summed E-state index contributed by atoms with van der Waals surface area (Å²) in [5.41, 5.74) is 5.50. The highest BCUT2D eigenvalue weighted by molar-refractivity contribution is 5.69. The molecule has 4 rings (SSSR count). The number of likely N-dealkylation sites (N-methyl/N-ethyl adjacent to an activating group) is 1. The normalized spacial score (nSPS) is 13.8.